The fourth-order valence-electron chi connectivity index (χ4n) is 4.32. The Bertz CT molecular complexity index is 994. The summed E-state index contributed by atoms with van der Waals surface area (Å²) in [4.78, 5) is 42.5. The monoisotopic (exact) mass is 413 g/mol. The van der Waals surface area contributed by atoms with E-state index in [-0.39, 0.29) is 40.2 Å². The Labute approximate surface area is 173 Å². The molecule has 1 N–H and O–H groups in total. The van der Waals surface area contributed by atoms with Gasteiger partial charge in [0.15, 0.2) is 0 Å². The van der Waals surface area contributed by atoms with Gasteiger partial charge in [-0.15, -0.1) is 0 Å². The van der Waals surface area contributed by atoms with E-state index in [1.54, 1.807) is 23.1 Å². The predicted octanol–water partition coefficient (Wildman–Crippen LogP) is 3.10. The van der Waals surface area contributed by atoms with E-state index < -0.39 is 5.97 Å². The van der Waals surface area contributed by atoms with Gasteiger partial charge in [0.25, 0.3) is 0 Å². The zero-order chi connectivity index (χ0) is 20.8. The molecule has 29 heavy (non-hydrogen) atoms. The molecule has 0 radical (unpaired) electrons. The first kappa shape index (κ1) is 19.4. The molecule has 3 heterocycles. The molecule has 150 valence electrons. The van der Waals surface area contributed by atoms with Crippen LogP contribution in [0.3, 0.4) is 0 Å². The lowest BCUT2D eigenvalue weighted by atomic mass is 9.83. The van der Waals surface area contributed by atoms with Gasteiger partial charge in [0.05, 0.1) is 11.6 Å². The molecule has 2 aromatic rings. The number of ether oxygens (including phenoxy) is 1. The second kappa shape index (κ2) is 7.15. The van der Waals surface area contributed by atoms with Gasteiger partial charge in [-0.2, -0.15) is 0 Å². The van der Waals surface area contributed by atoms with E-state index in [1.807, 2.05) is 19.1 Å². The number of likely N-dealkylation sites (tertiary alicyclic amines) is 1. The third-order valence-corrected chi connectivity index (χ3v) is 5.83. The van der Waals surface area contributed by atoms with Crippen LogP contribution in [-0.4, -0.2) is 33.8 Å². The lowest BCUT2D eigenvalue weighted by molar-refractivity contribution is -0.133. The van der Waals surface area contributed by atoms with Gasteiger partial charge in [0.2, 0.25) is 11.8 Å². The number of para-hydroxylation sites is 1. The number of nitrogens with zero attached hydrogens (tertiary/aromatic N) is 2. The Kier molecular flexibility index (Phi) is 4.78. The number of amides is 2. The molecule has 2 aliphatic rings. The van der Waals surface area contributed by atoms with Crippen LogP contribution >= 0.6 is 11.6 Å². The van der Waals surface area contributed by atoms with Gasteiger partial charge in [0.1, 0.15) is 17.1 Å². The number of rotatable bonds is 3. The standard InChI is InChI=1S/C21H20ClN3O4/c1-12(26)25-15(9-21(2)10-18(27)24-20(21)25)14-5-3-4-6-16(14)29-19(28)13-7-8-17(22)23-11-13/h3-8,11,15,20H,9-10H2,1-2H3,(H,24,27)/t15?,20?,21-/m1/s1. The molecule has 1 aromatic carbocycles. The van der Waals surface area contributed by atoms with Crippen molar-refractivity contribution in [3.8, 4) is 5.75 Å². The second-order valence-corrected chi connectivity index (χ2v) is 8.13. The molecule has 1 aromatic heterocycles. The molecule has 3 atom stereocenters. The van der Waals surface area contributed by atoms with Gasteiger partial charge >= 0.3 is 5.97 Å². The summed E-state index contributed by atoms with van der Waals surface area (Å²) in [7, 11) is 0. The highest BCUT2D eigenvalue weighted by Crippen LogP contribution is 2.52. The van der Waals surface area contributed by atoms with Crippen LogP contribution in [0.15, 0.2) is 42.6 Å². The number of benzene rings is 1. The molecule has 2 fully saturated rings. The quantitative estimate of drug-likeness (QED) is 0.474. The fraction of sp³-hybridized carbons (Fsp3) is 0.333. The minimum absolute atomic E-state index is 0.0582. The maximum Gasteiger partial charge on any atom is 0.345 e. The lowest BCUT2D eigenvalue weighted by Crippen LogP contribution is -2.46. The summed E-state index contributed by atoms with van der Waals surface area (Å²) in [6.45, 7) is 3.48. The highest BCUT2D eigenvalue weighted by Gasteiger charge is 2.56. The van der Waals surface area contributed by atoms with Crippen molar-refractivity contribution in [3.05, 3.63) is 58.9 Å². The summed E-state index contributed by atoms with van der Waals surface area (Å²) < 4.78 is 5.64. The molecule has 2 amide bonds. The van der Waals surface area contributed by atoms with Gasteiger partial charge in [-0.3, -0.25) is 9.59 Å². The van der Waals surface area contributed by atoms with Gasteiger partial charge in [0, 0.05) is 30.5 Å². The molecule has 0 saturated carbocycles. The Morgan fingerprint density at radius 1 is 1.28 bits per heavy atom. The summed E-state index contributed by atoms with van der Waals surface area (Å²) in [6, 6.07) is 9.89. The first-order chi connectivity index (χ1) is 13.8. The molecule has 0 spiro atoms. The molecule has 0 bridgehead atoms. The molecule has 2 saturated heterocycles. The van der Waals surface area contributed by atoms with Crippen LogP contribution in [0.5, 0.6) is 5.75 Å². The zero-order valence-corrected chi connectivity index (χ0v) is 16.8. The predicted molar refractivity (Wildman–Crippen MR) is 105 cm³/mol. The Balaban J connectivity index is 1.66. The molecule has 4 rings (SSSR count). The SMILES string of the molecule is CC(=O)N1C(c2ccccc2OC(=O)c2ccc(Cl)nc2)C[C@]2(C)CC(=O)NC12. The van der Waals surface area contributed by atoms with Gasteiger partial charge in [-0.25, -0.2) is 9.78 Å². The van der Waals surface area contributed by atoms with Crippen LogP contribution in [0.4, 0.5) is 0 Å². The van der Waals surface area contributed by atoms with Crippen molar-refractivity contribution in [2.24, 2.45) is 5.41 Å². The minimum atomic E-state index is -0.561. The molecular weight excluding hydrogens is 394 g/mol. The third kappa shape index (κ3) is 3.46. The molecule has 0 aliphatic carbocycles. The summed E-state index contributed by atoms with van der Waals surface area (Å²) >= 11 is 5.77. The van der Waals surface area contributed by atoms with Gasteiger partial charge in [-0.1, -0.05) is 36.7 Å². The Hall–Kier alpha value is -2.93. The maximum atomic E-state index is 12.6. The summed E-state index contributed by atoms with van der Waals surface area (Å²) in [5, 5.41) is 3.20. The lowest BCUT2D eigenvalue weighted by Gasteiger charge is -2.30. The number of aromatic nitrogens is 1. The number of carbonyl (C=O) groups excluding carboxylic acids is 3. The van der Waals surface area contributed by atoms with Gasteiger partial charge < -0.3 is 15.0 Å². The number of carbonyl (C=O) groups is 3. The number of hydrogen-bond donors (Lipinski definition) is 1. The second-order valence-electron chi connectivity index (χ2n) is 7.74. The van der Waals surface area contributed by atoms with Crippen molar-refractivity contribution in [2.75, 3.05) is 0 Å². The summed E-state index contributed by atoms with van der Waals surface area (Å²) in [5.74, 6) is -0.390. The zero-order valence-electron chi connectivity index (χ0n) is 16.0. The third-order valence-electron chi connectivity index (χ3n) is 5.60. The van der Waals surface area contributed by atoms with E-state index in [9.17, 15) is 14.4 Å². The molecule has 7 nitrogen and oxygen atoms in total. The Morgan fingerprint density at radius 2 is 2.03 bits per heavy atom. The van der Waals surface area contributed by atoms with E-state index in [0.29, 0.717) is 18.6 Å². The first-order valence-electron chi connectivity index (χ1n) is 9.29. The minimum Gasteiger partial charge on any atom is -0.423 e. The van der Waals surface area contributed by atoms with Crippen LogP contribution in [0.25, 0.3) is 0 Å². The van der Waals surface area contributed by atoms with Crippen molar-refractivity contribution < 1.29 is 19.1 Å². The fourth-order valence-corrected chi connectivity index (χ4v) is 4.43. The average Bonchev–Trinajstić information content (AvgIpc) is 3.10. The number of pyridine rings is 1. The molecular formula is C21H20ClN3O4. The van der Waals surface area contributed by atoms with Crippen molar-refractivity contribution in [1.29, 1.82) is 0 Å². The van der Waals surface area contributed by atoms with Crippen molar-refractivity contribution in [3.63, 3.8) is 0 Å². The Morgan fingerprint density at radius 3 is 2.72 bits per heavy atom. The van der Waals surface area contributed by atoms with Crippen molar-refractivity contribution in [1.82, 2.24) is 15.2 Å². The van der Waals surface area contributed by atoms with Crippen LogP contribution in [0, 0.1) is 5.41 Å². The maximum absolute atomic E-state index is 12.6. The van der Waals surface area contributed by atoms with Crippen molar-refractivity contribution >= 4 is 29.4 Å². The molecule has 2 unspecified atom stereocenters. The number of hydrogen-bond acceptors (Lipinski definition) is 5. The number of halogens is 1. The smallest absolute Gasteiger partial charge is 0.345 e. The van der Waals surface area contributed by atoms with Crippen molar-refractivity contribution in [2.45, 2.75) is 38.9 Å². The first-order valence-corrected chi connectivity index (χ1v) is 9.67. The number of esters is 1. The normalized spacial score (nSPS) is 25.5. The highest BCUT2D eigenvalue weighted by molar-refractivity contribution is 6.29. The molecule has 2 aliphatic heterocycles. The number of fused-ring (bicyclic) bond motifs is 1. The highest BCUT2D eigenvalue weighted by atomic mass is 35.5. The van der Waals surface area contributed by atoms with E-state index in [2.05, 4.69) is 10.3 Å². The van der Waals surface area contributed by atoms with E-state index in [1.165, 1.54) is 19.2 Å². The van der Waals surface area contributed by atoms with Gasteiger partial charge in [-0.05, 0) is 24.6 Å². The van der Waals surface area contributed by atoms with E-state index in [0.717, 1.165) is 5.56 Å². The van der Waals surface area contributed by atoms with Crippen LogP contribution in [-0.2, 0) is 9.59 Å². The number of nitrogens with one attached hydrogen (secondary N) is 1. The van der Waals surface area contributed by atoms with Crippen LogP contribution in [0.1, 0.15) is 48.7 Å². The molecule has 8 heteroatoms. The van der Waals surface area contributed by atoms with E-state index >= 15 is 0 Å². The summed E-state index contributed by atoms with van der Waals surface area (Å²) in [5.41, 5.74) is 0.628. The largest absolute Gasteiger partial charge is 0.423 e. The topological polar surface area (TPSA) is 88.6 Å². The van der Waals surface area contributed by atoms with Crippen LogP contribution < -0.4 is 10.1 Å². The average molecular weight is 414 g/mol. The summed E-state index contributed by atoms with van der Waals surface area (Å²) in [6.07, 6.45) is 1.93. The van der Waals surface area contributed by atoms with Crippen LogP contribution in [0.2, 0.25) is 5.15 Å². The van der Waals surface area contributed by atoms with E-state index in [4.69, 9.17) is 16.3 Å².